The van der Waals surface area contributed by atoms with Crippen molar-refractivity contribution in [1.29, 1.82) is 0 Å². The van der Waals surface area contributed by atoms with E-state index in [1.165, 1.54) is 6.20 Å². The van der Waals surface area contributed by atoms with Gasteiger partial charge in [0.25, 0.3) is 5.91 Å². The number of nitrogens with two attached hydrogens (primary N) is 1. The monoisotopic (exact) mass is 224 g/mol. The molecule has 2 unspecified atom stereocenters. The van der Waals surface area contributed by atoms with Gasteiger partial charge in [0.1, 0.15) is 5.69 Å². The molecule has 6 heteroatoms. The predicted molar refractivity (Wildman–Crippen MR) is 58.7 cm³/mol. The van der Waals surface area contributed by atoms with Crippen molar-refractivity contribution in [2.75, 3.05) is 12.3 Å². The summed E-state index contributed by atoms with van der Waals surface area (Å²) >= 11 is 0. The first-order valence-electron chi connectivity index (χ1n) is 5.43. The number of nitrogen functional groups attached to an aromatic ring is 1. The first-order valence-corrected chi connectivity index (χ1v) is 5.43. The molecule has 1 heterocycles. The van der Waals surface area contributed by atoms with Crippen molar-refractivity contribution in [3.05, 3.63) is 11.9 Å². The van der Waals surface area contributed by atoms with Gasteiger partial charge in [0.05, 0.1) is 18.0 Å². The minimum absolute atomic E-state index is 0.160. The van der Waals surface area contributed by atoms with Crippen molar-refractivity contribution < 1.29 is 9.90 Å². The van der Waals surface area contributed by atoms with E-state index in [4.69, 9.17) is 5.73 Å². The van der Waals surface area contributed by atoms with Crippen LogP contribution in [0.4, 0.5) is 5.69 Å². The number of amides is 1. The van der Waals surface area contributed by atoms with Crippen LogP contribution in [-0.4, -0.2) is 33.9 Å². The smallest absolute Gasteiger partial charge is 0.271 e. The van der Waals surface area contributed by atoms with Crippen LogP contribution in [0.1, 0.15) is 29.8 Å². The number of nitrogens with one attached hydrogen (secondary N) is 2. The lowest BCUT2D eigenvalue weighted by Crippen LogP contribution is -2.33. The van der Waals surface area contributed by atoms with Gasteiger partial charge in [-0.1, -0.05) is 6.42 Å². The molecule has 0 aliphatic heterocycles. The van der Waals surface area contributed by atoms with Gasteiger partial charge in [0.15, 0.2) is 0 Å². The minimum atomic E-state index is -0.292. The third kappa shape index (κ3) is 2.16. The van der Waals surface area contributed by atoms with Gasteiger partial charge in [-0.2, -0.15) is 5.10 Å². The number of aliphatic hydroxyl groups is 1. The molecular weight excluding hydrogens is 208 g/mol. The van der Waals surface area contributed by atoms with Gasteiger partial charge in [-0.25, -0.2) is 0 Å². The molecule has 1 aliphatic rings. The summed E-state index contributed by atoms with van der Waals surface area (Å²) in [6.07, 6.45) is 3.92. The van der Waals surface area contributed by atoms with Crippen molar-refractivity contribution in [2.24, 2.45) is 5.92 Å². The van der Waals surface area contributed by atoms with Gasteiger partial charge in [-0.15, -0.1) is 0 Å². The van der Waals surface area contributed by atoms with Gasteiger partial charge >= 0.3 is 0 Å². The number of carbonyl (C=O) groups is 1. The van der Waals surface area contributed by atoms with Gasteiger partial charge in [0, 0.05) is 12.5 Å². The number of anilines is 1. The van der Waals surface area contributed by atoms with E-state index in [0.29, 0.717) is 12.2 Å². The Kier molecular flexibility index (Phi) is 3.09. The maximum Gasteiger partial charge on any atom is 0.271 e. The van der Waals surface area contributed by atoms with E-state index in [1.54, 1.807) is 0 Å². The minimum Gasteiger partial charge on any atom is -0.396 e. The third-order valence-electron chi connectivity index (χ3n) is 3.04. The molecule has 1 fully saturated rings. The van der Waals surface area contributed by atoms with Gasteiger partial charge in [-0.3, -0.25) is 9.89 Å². The number of carbonyl (C=O) groups excluding carboxylic acids is 1. The summed E-state index contributed by atoms with van der Waals surface area (Å²) in [5.41, 5.74) is 6.17. The zero-order chi connectivity index (χ0) is 11.5. The highest BCUT2D eigenvalue weighted by molar-refractivity contribution is 5.96. The SMILES string of the molecule is Nc1cn[nH]c1C(=O)NCC1CCCC1O. The number of hydrogen-bond donors (Lipinski definition) is 4. The number of aromatic nitrogens is 2. The number of hydrogen-bond acceptors (Lipinski definition) is 4. The molecule has 5 N–H and O–H groups in total. The van der Waals surface area contributed by atoms with E-state index >= 15 is 0 Å². The molecule has 16 heavy (non-hydrogen) atoms. The number of aromatic amines is 1. The van der Waals surface area contributed by atoms with E-state index in [9.17, 15) is 9.90 Å². The molecule has 88 valence electrons. The summed E-state index contributed by atoms with van der Waals surface area (Å²) in [5.74, 6) is -0.109. The molecule has 6 nitrogen and oxygen atoms in total. The molecule has 0 spiro atoms. The number of nitrogens with zero attached hydrogens (tertiary/aromatic N) is 1. The fraction of sp³-hybridized carbons (Fsp3) is 0.600. The van der Waals surface area contributed by atoms with E-state index in [0.717, 1.165) is 19.3 Å². The van der Waals surface area contributed by atoms with Gasteiger partial charge < -0.3 is 16.2 Å². The van der Waals surface area contributed by atoms with E-state index < -0.39 is 0 Å². The lowest BCUT2D eigenvalue weighted by Gasteiger charge is -2.14. The van der Waals surface area contributed by atoms with Crippen molar-refractivity contribution >= 4 is 11.6 Å². The van der Waals surface area contributed by atoms with Crippen LogP contribution < -0.4 is 11.1 Å². The van der Waals surface area contributed by atoms with Gasteiger partial charge in [0.2, 0.25) is 0 Å². The number of rotatable bonds is 3. The van der Waals surface area contributed by atoms with Crippen LogP contribution in [0.3, 0.4) is 0 Å². The van der Waals surface area contributed by atoms with Crippen LogP contribution >= 0.6 is 0 Å². The Morgan fingerprint density at radius 2 is 2.50 bits per heavy atom. The molecule has 0 aromatic carbocycles. The Balaban J connectivity index is 1.86. The van der Waals surface area contributed by atoms with Crippen LogP contribution in [0.25, 0.3) is 0 Å². The molecule has 1 amide bonds. The number of aliphatic hydroxyl groups excluding tert-OH is 1. The van der Waals surface area contributed by atoms with Crippen LogP contribution in [-0.2, 0) is 0 Å². The zero-order valence-electron chi connectivity index (χ0n) is 8.94. The average molecular weight is 224 g/mol. The highest BCUT2D eigenvalue weighted by Gasteiger charge is 2.25. The molecule has 0 radical (unpaired) electrons. The van der Waals surface area contributed by atoms with Crippen molar-refractivity contribution in [3.63, 3.8) is 0 Å². The van der Waals surface area contributed by atoms with E-state index in [2.05, 4.69) is 15.5 Å². The lowest BCUT2D eigenvalue weighted by atomic mass is 10.1. The quantitative estimate of drug-likeness (QED) is 0.574. The van der Waals surface area contributed by atoms with Crippen molar-refractivity contribution in [1.82, 2.24) is 15.5 Å². The summed E-state index contributed by atoms with van der Waals surface area (Å²) in [7, 11) is 0. The van der Waals surface area contributed by atoms with Crippen LogP contribution in [0.15, 0.2) is 6.20 Å². The van der Waals surface area contributed by atoms with E-state index in [1.807, 2.05) is 0 Å². The Labute approximate surface area is 93.2 Å². The molecule has 0 bridgehead atoms. The highest BCUT2D eigenvalue weighted by Crippen LogP contribution is 2.24. The second kappa shape index (κ2) is 4.52. The summed E-state index contributed by atoms with van der Waals surface area (Å²) in [4.78, 5) is 11.6. The Bertz CT molecular complexity index is 377. The molecule has 0 saturated heterocycles. The predicted octanol–water partition coefficient (Wildman–Crippen LogP) is -0.117. The standard InChI is InChI=1S/C10H16N4O2/c11-7-5-13-14-9(7)10(16)12-4-6-2-1-3-8(6)15/h5-6,8,15H,1-4,11H2,(H,12,16)(H,13,14). The molecule has 1 saturated carbocycles. The number of H-pyrrole nitrogens is 1. The fourth-order valence-electron chi connectivity index (χ4n) is 2.04. The average Bonchev–Trinajstić information content (AvgIpc) is 2.84. The zero-order valence-corrected chi connectivity index (χ0v) is 8.94. The Morgan fingerprint density at radius 1 is 1.69 bits per heavy atom. The summed E-state index contributed by atoms with van der Waals surface area (Å²) in [6, 6.07) is 0. The molecular formula is C10H16N4O2. The summed E-state index contributed by atoms with van der Waals surface area (Å²) in [5, 5.41) is 18.6. The third-order valence-corrected chi connectivity index (χ3v) is 3.04. The Morgan fingerprint density at radius 3 is 3.06 bits per heavy atom. The van der Waals surface area contributed by atoms with E-state index in [-0.39, 0.29) is 23.6 Å². The Hall–Kier alpha value is -1.56. The van der Waals surface area contributed by atoms with Crippen molar-refractivity contribution in [3.8, 4) is 0 Å². The van der Waals surface area contributed by atoms with Crippen molar-refractivity contribution in [2.45, 2.75) is 25.4 Å². The summed E-state index contributed by atoms with van der Waals surface area (Å²) < 4.78 is 0. The van der Waals surface area contributed by atoms with Crippen LogP contribution in [0.5, 0.6) is 0 Å². The topological polar surface area (TPSA) is 104 Å². The maximum atomic E-state index is 11.6. The normalized spacial score (nSPS) is 24.6. The molecule has 1 aromatic rings. The summed E-state index contributed by atoms with van der Waals surface area (Å²) in [6.45, 7) is 0.485. The molecule has 2 rings (SSSR count). The van der Waals surface area contributed by atoms with Crippen LogP contribution in [0.2, 0.25) is 0 Å². The lowest BCUT2D eigenvalue weighted by molar-refractivity contribution is 0.0913. The second-order valence-electron chi connectivity index (χ2n) is 4.17. The van der Waals surface area contributed by atoms with Gasteiger partial charge in [-0.05, 0) is 12.8 Å². The first kappa shape index (κ1) is 10.9. The largest absolute Gasteiger partial charge is 0.396 e. The second-order valence-corrected chi connectivity index (χ2v) is 4.17. The van der Waals surface area contributed by atoms with Crippen LogP contribution in [0, 0.1) is 5.92 Å². The first-order chi connectivity index (χ1) is 7.68. The molecule has 1 aromatic heterocycles. The fourth-order valence-corrected chi connectivity index (χ4v) is 2.04. The molecule has 2 atom stereocenters. The highest BCUT2D eigenvalue weighted by atomic mass is 16.3. The maximum absolute atomic E-state index is 11.6. The molecule has 1 aliphatic carbocycles.